The Bertz CT molecular complexity index is 558. The van der Waals surface area contributed by atoms with E-state index in [0.29, 0.717) is 18.2 Å². The summed E-state index contributed by atoms with van der Waals surface area (Å²) in [7, 11) is -0.426. The van der Waals surface area contributed by atoms with Crippen LogP contribution in [0.15, 0.2) is 29.2 Å². The first-order valence-corrected chi connectivity index (χ1v) is 9.09. The number of halogens is 1. The van der Waals surface area contributed by atoms with Crippen LogP contribution in [0.2, 0.25) is 5.02 Å². The molecule has 0 amide bonds. The zero-order chi connectivity index (χ0) is 16.2. The zero-order valence-corrected chi connectivity index (χ0v) is 14.4. The maximum atomic E-state index is 13.0. The molecule has 0 spiro atoms. The summed E-state index contributed by atoms with van der Waals surface area (Å²) in [6.07, 6.45) is 2.55. The predicted molar refractivity (Wildman–Crippen MR) is 85.7 cm³/mol. The largest absolute Gasteiger partial charge is 0.383 e. The van der Waals surface area contributed by atoms with Gasteiger partial charge in [0.1, 0.15) is 0 Å². The van der Waals surface area contributed by atoms with Gasteiger partial charge in [0, 0.05) is 31.3 Å². The standard InChI is InChI=1S/C15H22ClNO4S/c1-20-10-13-4-3-5-14(11-21-2)17(13)22(18,19)15-8-6-12(16)7-9-15/h6-9,13-14H,3-5,10-11H2,1-2H3. The zero-order valence-electron chi connectivity index (χ0n) is 12.9. The molecule has 1 aliphatic rings. The highest BCUT2D eigenvalue weighted by molar-refractivity contribution is 7.89. The minimum Gasteiger partial charge on any atom is -0.383 e. The highest BCUT2D eigenvalue weighted by Crippen LogP contribution is 2.30. The molecule has 22 heavy (non-hydrogen) atoms. The Kier molecular flexibility index (Phi) is 6.23. The summed E-state index contributed by atoms with van der Waals surface area (Å²) in [5, 5.41) is 0.513. The van der Waals surface area contributed by atoms with Crippen molar-refractivity contribution in [3.8, 4) is 0 Å². The van der Waals surface area contributed by atoms with Crippen molar-refractivity contribution in [1.29, 1.82) is 0 Å². The summed E-state index contributed by atoms with van der Waals surface area (Å²) in [4.78, 5) is 0.251. The second-order valence-electron chi connectivity index (χ2n) is 5.44. The van der Waals surface area contributed by atoms with Gasteiger partial charge < -0.3 is 9.47 Å². The molecule has 2 rings (SSSR count). The molecule has 2 atom stereocenters. The lowest BCUT2D eigenvalue weighted by atomic mass is 9.99. The molecule has 5 nitrogen and oxygen atoms in total. The lowest BCUT2D eigenvalue weighted by Gasteiger charge is -2.40. The minimum atomic E-state index is -3.61. The molecule has 7 heteroatoms. The average molecular weight is 348 g/mol. The second-order valence-corrected chi connectivity index (χ2v) is 7.72. The van der Waals surface area contributed by atoms with Crippen molar-refractivity contribution in [3.05, 3.63) is 29.3 Å². The molecule has 0 saturated carbocycles. The summed E-state index contributed by atoms with van der Waals surface area (Å²) in [5.74, 6) is 0. The third-order valence-electron chi connectivity index (χ3n) is 3.90. The summed E-state index contributed by atoms with van der Waals surface area (Å²) < 4.78 is 38.1. The molecule has 1 saturated heterocycles. The number of piperidine rings is 1. The highest BCUT2D eigenvalue weighted by Gasteiger charge is 2.39. The first-order chi connectivity index (χ1) is 10.5. The fourth-order valence-corrected chi connectivity index (χ4v) is 4.93. The van der Waals surface area contributed by atoms with Crippen LogP contribution in [0.1, 0.15) is 19.3 Å². The lowest BCUT2D eigenvalue weighted by Crippen LogP contribution is -2.53. The van der Waals surface area contributed by atoms with Crippen molar-refractivity contribution in [1.82, 2.24) is 4.31 Å². The van der Waals surface area contributed by atoms with Gasteiger partial charge >= 0.3 is 0 Å². The van der Waals surface area contributed by atoms with Crippen molar-refractivity contribution in [2.75, 3.05) is 27.4 Å². The van der Waals surface area contributed by atoms with E-state index < -0.39 is 10.0 Å². The Morgan fingerprint density at radius 1 is 1.09 bits per heavy atom. The van der Waals surface area contributed by atoms with Crippen LogP contribution in [0, 0.1) is 0 Å². The van der Waals surface area contributed by atoms with E-state index >= 15 is 0 Å². The predicted octanol–water partition coefficient (Wildman–Crippen LogP) is 2.54. The van der Waals surface area contributed by atoms with Crippen LogP contribution in [0.5, 0.6) is 0 Å². The molecule has 0 aliphatic carbocycles. The first-order valence-electron chi connectivity index (χ1n) is 7.27. The van der Waals surface area contributed by atoms with E-state index in [1.54, 1.807) is 42.8 Å². The molecule has 0 bridgehead atoms. The number of methoxy groups -OCH3 is 2. The monoisotopic (exact) mass is 347 g/mol. The van der Waals surface area contributed by atoms with E-state index in [4.69, 9.17) is 21.1 Å². The van der Waals surface area contributed by atoms with Gasteiger partial charge in [0.2, 0.25) is 10.0 Å². The third kappa shape index (κ3) is 3.81. The third-order valence-corrected chi connectivity index (χ3v) is 6.17. The Hall–Kier alpha value is -0.660. The van der Waals surface area contributed by atoms with Crippen LogP contribution in [0.4, 0.5) is 0 Å². The summed E-state index contributed by atoms with van der Waals surface area (Å²) in [5.41, 5.74) is 0. The van der Waals surface area contributed by atoms with Gasteiger partial charge in [0.15, 0.2) is 0 Å². The lowest BCUT2D eigenvalue weighted by molar-refractivity contribution is 0.0493. The first kappa shape index (κ1) is 17.7. The highest BCUT2D eigenvalue weighted by atomic mass is 35.5. The van der Waals surface area contributed by atoms with Gasteiger partial charge in [-0.1, -0.05) is 18.0 Å². The number of hydrogen-bond acceptors (Lipinski definition) is 4. The van der Waals surface area contributed by atoms with Gasteiger partial charge in [0.05, 0.1) is 18.1 Å². The number of ether oxygens (including phenoxy) is 2. The molecule has 124 valence electrons. The van der Waals surface area contributed by atoms with E-state index in [9.17, 15) is 8.42 Å². The fraction of sp³-hybridized carbons (Fsp3) is 0.600. The van der Waals surface area contributed by atoms with Crippen molar-refractivity contribution < 1.29 is 17.9 Å². The topological polar surface area (TPSA) is 55.8 Å². The number of benzene rings is 1. The van der Waals surface area contributed by atoms with Crippen LogP contribution in [-0.4, -0.2) is 52.2 Å². The summed E-state index contributed by atoms with van der Waals surface area (Å²) in [6, 6.07) is 5.93. The van der Waals surface area contributed by atoms with Crippen LogP contribution >= 0.6 is 11.6 Å². The van der Waals surface area contributed by atoms with E-state index in [1.165, 1.54) is 0 Å². The minimum absolute atomic E-state index is 0.167. The Morgan fingerprint density at radius 2 is 1.59 bits per heavy atom. The molecular formula is C15H22ClNO4S. The van der Waals surface area contributed by atoms with Crippen LogP contribution < -0.4 is 0 Å². The molecule has 1 fully saturated rings. The molecule has 0 radical (unpaired) electrons. The van der Waals surface area contributed by atoms with Crippen LogP contribution in [0.3, 0.4) is 0 Å². The summed E-state index contributed by atoms with van der Waals surface area (Å²) in [6.45, 7) is 0.764. The molecule has 0 N–H and O–H groups in total. The van der Waals surface area contributed by atoms with Gasteiger partial charge in [-0.05, 0) is 37.1 Å². The van der Waals surface area contributed by atoms with E-state index in [1.807, 2.05) is 0 Å². The molecule has 1 heterocycles. The molecule has 2 unspecified atom stereocenters. The molecule has 1 aromatic rings. The van der Waals surface area contributed by atoms with Crippen molar-refractivity contribution in [3.63, 3.8) is 0 Å². The second kappa shape index (κ2) is 7.75. The van der Waals surface area contributed by atoms with Crippen molar-refractivity contribution in [2.24, 2.45) is 0 Å². The molecule has 0 aromatic heterocycles. The normalized spacial score (nSPS) is 23.6. The number of sulfonamides is 1. The Morgan fingerprint density at radius 3 is 2.05 bits per heavy atom. The van der Waals surface area contributed by atoms with Gasteiger partial charge in [-0.15, -0.1) is 0 Å². The molecule has 1 aromatic carbocycles. The maximum Gasteiger partial charge on any atom is 0.243 e. The van der Waals surface area contributed by atoms with Gasteiger partial charge in [-0.3, -0.25) is 0 Å². The van der Waals surface area contributed by atoms with Crippen molar-refractivity contribution in [2.45, 2.75) is 36.2 Å². The smallest absolute Gasteiger partial charge is 0.243 e. The maximum absolute atomic E-state index is 13.0. The Labute approximate surface area is 137 Å². The van der Waals surface area contributed by atoms with E-state index in [0.717, 1.165) is 19.3 Å². The van der Waals surface area contributed by atoms with Gasteiger partial charge in [-0.25, -0.2) is 8.42 Å². The van der Waals surface area contributed by atoms with Gasteiger partial charge in [-0.2, -0.15) is 4.31 Å². The number of hydrogen-bond donors (Lipinski definition) is 0. The molecule has 1 aliphatic heterocycles. The van der Waals surface area contributed by atoms with E-state index in [2.05, 4.69) is 0 Å². The van der Waals surface area contributed by atoms with Crippen LogP contribution in [0.25, 0.3) is 0 Å². The molecular weight excluding hydrogens is 326 g/mol. The SMILES string of the molecule is COCC1CCCC(COC)N1S(=O)(=O)c1ccc(Cl)cc1. The average Bonchev–Trinajstić information content (AvgIpc) is 2.48. The van der Waals surface area contributed by atoms with E-state index in [-0.39, 0.29) is 17.0 Å². The van der Waals surface area contributed by atoms with Crippen molar-refractivity contribution >= 4 is 21.6 Å². The number of rotatable bonds is 6. The van der Waals surface area contributed by atoms with Crippen LogP contribution in [-0.2, 0) is 19.5 Å². The number of nitrogens with zero attached hydrogens (tertiary/aromatic N) is 1. The summed E-state index contributed by atoms with van der Waals surface area (Å²) >= 11 is 5.86. The quantitative estimate of drug-likeness (QED) is 0.793. The van der Waals surface area contributed by atoms with Gasteiger partial charge in [0.25, 0.3) is 0 Å². The Balaban J connectivity index is 2.38. The fourth-order valence-electron chi connectivity index (χ4n) is 2.96.